The summed E-state index contributed by atoms with van der Waals surface area (Å²) in [6.07, 6.45) is -0.437. The highest BCUT2D eigenvalue weighted by Gasteiger charge is 2.19. The van der Waals surface area contributed by atoms with Crippen LogP contribution in [0.5, 0.6) is 0 Å². The van der Waals surface area contributed by atoms with Gasteiger partial charge in [0.25, 0.3) is 0 Å². The smallest absolute Gasteiger partial charge is 0.407 e. The van der Waals surface area contributed by atoms with Crippen molar-refractivity contribution in [1.29, 1.82) is 0 Å². The van der Waals surface area contributed by atoms with Crippen LogP contribution in [0, 0.1) is 0 Å². The molecule has 0 fully saturated rings. The van der Waals surface area contributed by atoms with Crippen LogP contribution >= 0.6 is 22.9 Å². The third-order valence-corrected chi connectivity index (χ3v) is 4.40. The highest BCUT2D eigenvalue weighted by molar-refractivity contribution is 7.19. The molecule has 0 bridgehead atoms. The molecule has 0 spiro atoms. The van der Waals surface area contributed by atoms with E-state index in [0.717, 1.165) is 15.1 Å². The van der Waals surface area contributed by atoms with Gasteiger partial charge in [-0.25, -0.2) is 9.78 Å². The summed E-state index contributed by atoms with van der Waals surface area (Å²) < 4.78 is 6.28. The van der Waals surface area contributed by atoms with Gasteiger partial charge in [0.15, 0.2) is 0 Å². The number of aromatic nitrogens is 1. The van der Waals surface area contributed by atoms with Gasteiger partial charge in [0.05, 0.1) is 10.2 Å². The lowest BCUT2D eigenvalue weighted by Crippen LogP contribution is -2.36. The van der Waals surface area contributed by atoms with E-state index in [9.17, 15) is 4.79 Å². The van der Waals surface area contributed by atoms with E-state index in [0.29, 0.717) is 18.2 Å². The maximum absolute atomic E-state index is 11.7. The summed E-state index contributed by atoms with van der Waals surface area (Å²) in [5, 5.41) is 3.23. The Labute approximate surface area is 138 Å². The molecule has 7 heteroatoms. The molecule has 0 aliphatic rings. The zero-order chi connectivity index (χ0) is 16.3. The number of carbonyl (C=O) groups is 1. The number of hydrogen-bond acceptors (Lipinski definition) is 5. The van der Waals surface area contributed by atoms with Crippen molar-refractivity contribution in [2.75, 3.05) is 13.1 Å². The van der Waals surface area contributed by atoms with E-state index in [1.807, 2.05) is 32.9 Å². The molecule has 0 saturated carbocycles. The predicted octanol–water partition coefficient (Wildman–Crippen LogP) is 3.52. The molecule has 1 atom stereocenters. The zero-order valence-electron chi connectivity index (χ0n) is 12.9. The first kappa shape index (κ1) is 17.0. The lowest BCUT2D eigenvalue weighted by molar-refractivity contribution is 0.0525. The van der Waals surface area contributed by atoms with E-state index in [1.54, 1.807) is 17.4 Å². The van der Waals surface area contributed by atoms with E-state index in [-0.39, 0.29) is 5.92 Å². The fraction of sp³-hybridized carbons (Fsp3) is 0.467. The molecule has 120 valence electrons. The van der Waals surface area contributed by atoms with Crippen molar-refractivity contribution in [2.24, 2.45) is 5.73 Å². The first-order valence-electron chi connectivity index (χ1n) is 7.01. The Hall–Kier alpha value is -1.37. The van der Waals surface area contributed by atoms with Gasteiger partial charge < -0.3 is 15.8 Å². The van der Waals surface area contributed by atoms with E-state index in [4.69, 9.17) is 22.1 Å². The lowest BCUT2D eigenvalue weighted by Gasteiger charge is -2.21. The van der Waals surface area contributed by atoms with Gasteiger partial charge in [0, 0.05) is 23.9 Å². The number of hydrogen-bond donors (Lipinski definition) is 2. The Bertz CT molecular complexity index is 666. The van der Waals surface area contributed by atoms with E-state index in [2.05, 4.69) is 10.3 Å². The summed E-state index contributed by atoms with van der Waals surface area (Å²) in [6.45, 7) is 6.33. The Kier molecular flexibility index (Phi) is 5.26. The fourth-order valence-corrected chi connectivity index (χ4v) is 3.21. The number of pyridine rings is 1. The largest absolute Gasteiger partial charge is 0.444 e. The maximum Gasteiger partial charge on any atom is 0.407 e. The van der Waals surface area contributed by atoms with Crippen molar-refractivity contribution in [2.45, 2.75) is 32.3 Å². The van der Waals surface area contributed by atoms with Crippen molar-refractivity contribution < 1.29 is 9.53 Å². The third-order valence-electron chi connectivity index (χ3n) is 2.94. The number of halogens is 1. The number of carbonyl (C=O) groups excluding carboxylic acids is 1. The van der Waals surface area contributed by atoms with Crippen LogP contribution in [0.1, 0.15) is 31.6 Å². The van der Waals surface area contributed by atoms with E-state index >= 15 is 0 Å². The Morgan fingerprint density at radius 2 is 2.23 bits per heavy atom. The van der Waals surface area contributed by atoms with Gasteiger partial charge in [-0.2, -0.15) is 0 Å². The zero-order valence-corrected chi connectivity index (χ0v) is 14.4. The molecule has 22 heavy (non-hydrogen) atoms. The normalized spacial score (nSPS) is 13.1. The molecular weight excluding hydrogens is 322 g/mol. The van der Waals surface area contributed by atoms with Gasteiger partial charge in [0.2, 0.25) is 0 Å². The van der Waals surface area contributed by atoms with Crippen LogP contribution in [0.2, 0.25) is 5.15 Å². The summed E-state index contributed by atoms with van der Waals surface area (Å²) in [7, 11) is 0. The van der Waals surface area contributed by atoms with Crippen LogP contribution in [0.25, 0.3) is 10.2 Å². The van der Waals surface area contributed by atoms with Crippen molar-refractivity contribution in [3.63, 3.8) is 0 Å². The van der Waals surface area contributed by atoms with Crippen LogP contribution in [0.4, 0.5) is 4.79 Å². The van der Waals surface area contributed by atoms with Crippen LogP contribution < -0.4 is 11.1 Å². The molecule has 0 aromatic carbocycles. The predicted molar refractivity (Wildman–Crippen MR) is 90.7 cm³/mol. The number of fused-ring (bicyclic) bond motifs is 1. The number of nitrogens with one attached hydrogen (secondary N) is 1. The summed E-state index contributed by atoms with van der Waals surface area (Å²) >= 11 is 7.51. The number of ether oxygens (including phenoxy) is 1. The minimum atomic E-state index is -0.513. The van der Waals surface area contributed by atoms with Crippen LogP contribution in [-0.4, -0.2) is 29.8 Å². The minimum Gasteiger partial charge on any atom is -0.444 e. The van der Waals surface area contributed by atoms with Gasteiger partial charge in [-0.05, 0) is 39.0 Å². The first-order chi connectivity index (χ1) is 10.3. The second kappa shape index (κ2) is 6.81. The monoisotopic (exact) mass is 341 g/mol. The molecule has 1 amide bonds. The molecule has 3 N–H and O–H groups in total. The summed E-state index contributed by atoms with van der Waals surface area (Å²) in [5.74, 6) is 0.0190. The summed E-state index contributed by atoms with van der Waals surface area (Å²) in [6, 6.07) is 5.68. The average Bonchev–Trinajstić information content (AvgIpc) is 2.80. The van der Waals surface area contributed by atoms with Gasteiger partial charge in [-0.15, -0.1) is 11.3 Å². The van der Waals surface area contributed by atoms with Crippen molar-refractivity contribution in [3.05, 3.63) is 28.2 Å². The lowest BCUT2D eigenvalue weighted by atomic mass is 10.1. The van der Waals surface area contributed by atoms with Gasteiger partial charge in [-0.3, -0.25) is 0 Å². The van der Waals surface area contributed by atoms with Gasteiger partial charge in [-0.1, -0.05) is 11.6 Å². The summed E-state index contributed by atoms with van der Waals surface area (Å²) in [5.41, 5.74) is 6.17. The third kappa shape index (κ3) is 4.56. The van der Waals surface area contributed by atoms with E-state index in [1.165, 1.54) is 0 Å². The Balaban J connectivity index is 2.05. The Morgan fingerprint density at radius 3 is 2.86 bits per heavy atom. The summed E-state index contributed by atoms with van der Waals surface area (Å²) in [4.78, 5) is 17.1. The number of nitrogens with two attached hydrogens (primary N) is 1. The van der Waals surface area contributed by atoms with Crippen LogP contribution in [-0.2, 0) is 4.74 Å². The van der Waals surface area contributed by atoms with Gasteiger partial charge >= 0.3 is 6.09 Å². The molecule has 0 aliphatic heterocycles. The molecular formula is C15H20ClN3O2S. The SMILES string of the molecule is CC(C)(C)OC(=O)NCC(CN)c1cc2nc(Cl)ccc2s1. The molecule has 2 heterocycles. The molecule has 0 saturated heterocycles. The number of thiophene rings is 1. The molecule has 2 aromatic heterocycles. The Morgan fingerprint density at radius 1 is 1.50 bits per heavy atom. The van der Waals surface area contributed by atoms with Crippen molar-refractivity contribution in [1.82, 2.24) is 10.3 Å². The van der Waals surface area contributed by atoms with Crippen LogP contribution in [0.3, 0.4) is 0 Å². The van der Waals surface area contributed by atoms with Crippen molar-refractivity contribution in [3.8, 4) is 0 Å². The molecule has 1 unspecified atom stereocenters. The molecule has 5 nitrogen and oxygen atoms in total. The van der Waals surface area contributed by atoms with Crippen molar-refractivity contribution >= 4 is 39.2 Å². The molecule has 2 aromatic rings. The molecule has 0 aliphatic carbocycles. The second-order valence-corrected chi connectivity index (χ2v) is 7.48. The molecule has 0 radical (unpaired) electrons. The first-order valence-corrected chi connectivity index (χ1v) is 8.21. The highest BCUT2D eigenvalue weighted by Crippen LogP contribution is 2.30. The van der Waals surface area contributed by atoms with Crippen LogP contribution in [0.15, 0.2) is 18.2 Å². The maximum atomic E-state index is 11.7. The highest BCUT2D eigenvalue weighted by atomic mass is 35.5. The number of alkyl carbamates (subject to hydrolysis) is 1. The number of rotatable bonds is 4. The number of amides is 1. The van der Waals surface area contributed by atoms with Gasteiger partial charge in [0.1, 0.15) is 10.8 Å². The topological polar surface area (TPSA) is 77.2 Å². The number of nitrogens with zero attached hydrogens (tertiary/aromatic N) is 1. The fourth-order valence-electron chi connectivity index (χ4n) is 1.94. The quantitative estimate of drug-likeness (QED) is 0.834. The second-order valence-electron chi connectivity index (χ2n) is 5.98. The minimum absolute atomic E-state index is 0.0190. The average molecular weight is 342 g/mol. The van der Waals surface area contributed by atoms with E-state index < -0.39 is 11.7 Å². The molecule has 2 rings (SSSR count). The standard InChI is InChI=1S/C15H20ClN3O2S/c1-15(2,3)21-14(20)18-8-9(7-17)12-6-10-11(22-12)4-5-13(16)19-10/h4-6,9H,7-8,17H2,1-3H3,(H,18,20).